The predicted molar refractivity (Wildman–Crippen MR) is 65.5 cm³/mol. The van der Waals surface area contributed by atoms with Gasteiger partial charge in [0.2, 0.25) is 5.91 Å². The standard InChI is InChI=1S/C10H16N2OS2/c1-4-7(2)11-9(13)6-15-10-12-8(3)5-14-10/h5,7H,4,6H2,1-3H3,(H,11,13)/t7-/m1/s1. The Morgan fingerprint density at radius 3 is 3.00 bits per heavy atom. The highest BCUT2D eigenvalue weighted by atomic mass is 32.2. The van der Waals surface area contributed by atoms with Crippen LogP contribution in [0, 0.1) is 6.92 Å². The van der Waals surface area contributed by atoms with Crippen molar-refractivity contribution in [1.29, 1.82) is 0 Å². The summed E-state index contributed by atoms with van der Waals surface area (Å²) in [7, 11) is 0. The van der Waals surface area contributed by atoms with Crippen molar-refractivity contribution in [3.05, 3.63) is 11.1 Å². The Labute approximate surface area is 98.7 Å². The van der Waals surface area contributed by atoms with Crippen molar-refractivity contribution < 1.29 is 4.79 Å². The van der Waals surface area contributed by atoms with Crippen LogP contribution in [0.25, 0.3) is 0 Å². The molecule has 0 aliphatic rings. The van der Waals surface area contributed by atoms with Gasteiger partial charge in [-0.15, -0.1) is 11.3 Å². The third kappa shape index (κ3) is 4.66. The minimum atomic E-state index is 0.0854. The first-order valence-electron chi connectivity index (χ1n) is 4.96. The van der Waals surface area contributed by atoms with E-state index in [2.05, 4.69) is 17.2 Å². The van der Waals surface area contributed by atoms with Gasteiger partial charge in [-0.3, -0.25) is 4.79 Å². The molecule has 84 valence electrons. The molecule has 0 unspecified atom stereocenters. The number of hydrogen-bond donors (Lipinski definition) is 1. The molecule has 1 aromatic rings. The summed E-state index contributed by atoms with van der Waals surface area (Å²) in [6.45, 7) is 6.03. The molecule has 3 nitrogen and oxygen atoms in total. The molecule has 1 N–H and O–H groups in total. The monoisotopic (exact) mass is 244 g/mol. The van der Waals surface area contributed by atoms with Gasteiger partial charge in [0.15, 0.2) is 4.34 Å². The largest absolute Gasteiger partial charge is 0.353 e. The summed E-state index contributed by atoms with van der Waals surface area (Å²) in [6, 6.07) is 0.260. The lowest BCUT2D eigenvalue weighted by atomic mass is 10.3. The second kappa shape index (κ2) is 6.12. The fraction of sp³-hybridized carbons (Fsp3) is 0.600. The average Bonchev–Trinajstić information content (AvgIpc) is 2.61. The van der Waals surface area contributed by atoms with Gasteiger partial charge in [-0.05, 0) is 20.3 Å². The van der Waals surface area contributed by atoms with Gasteiger partial charge in [-0.1, -0.05) is 18.7 Å². The number of carbonyl (C=O) groups excluding carboxylic acids is 1. The summed E-state index contributed by atoms with van der Waals surface area (Å²) >= 11 is 3.09. The normalized spacial score (nSPS) is 12.5. The molecule has 1 rings (SSSR count). The van der Waals surface area contributed by atoms with E-state index in [0.29, 0.717) is 5.75 Å². The van der Waals surface area contributed by atoms with Crippen molar-refractivity contribution in [2.24, 2.45) is 0 Å². The van der Waals surface area contributed by atoms with Crippen LogP contribution in [0.5, 0.6) is 0 Å². The van der Waals surface area contributed by atoms with Gasteiger partial charge >= 0.3 is 0 Å². The van der Waals surface area contributed by atoms with Gasteiger partial charge in [0.25, 0.3) is 0 Å². The van der Waals surface area contributed by atoms with Gasteiger partial charge in [0.1, 0.15) is 0 Å². The number of amides is 1. The summed E-state index contributed by atoms with van der Waals surface area (Å²) in [5, 5.41) is 4.92. The Kier molecular flexibility index (Phi) is 5.11. The van der Waals surface area contributed by atoms with E-state index in [0.717, 1.165) is 16.5 Å². The third-order valence-electron chi connectivity index (χ3n) is 1.94. The van der Waals surface area contributed by atoms with E-state index >= 15 is 0 Å². The van der Waals surface area contributed by atoms with Crippen LogP contribution in [0.2, 0.25) is 0 Å². The van der Waals surface area contributed by atoms with Crippen molar-refractivity contribution >= 4 is 29.0 Å². The lowest BCUT2D eigenvalue weighted by Gasteiger charge is -2.10. The van der Waals surface area contributed by atoms with Crippen LogP contribution in [0.4, 0.5) is 0 Å². The minimum Gasteiger partial charge on any atom is -0.353 e. The zero-order chi connectivity index (χ0) is 11.3. The quantitative estimate of drug-likeness (QED) is 0.809. The zero-order valence-electron chi connectivity index (χ0n) is 9.24. The van der Waals surface area contributed by atoms with E-state index in [4.69, 9.17) is 0 Å². The molecular formula is C10H16N2OS2. The van der Waals surface area contributed by atoms with Gasteiger partial charge < -0.3 is 5.32 Å². The molecule has 15 heavy (non-hydrogen) atoms. The second-order valence-electron chi connectivity index (χ2n) is 3.42. The number of rotatable bonds is 5. The van der Waals surface area contributed by atoms with E-state index in [1.165, 1.54) is 11.8 Å². The maximum absolute atomic E-state index is 11.4. The number of carbonyl (C=O) groups is 1. The number of thioether (sulfide) groups is 1. The molecule has 0 aromatic carbocycles. The number of aromatic nitrogens is 1. The van der Waals surface area contributed by atoms with Crippen LogP contribution in [0.1, 0.15) is 26.0 Å². The number of thiazole rings is 1. The summed E-state index contributed by atoms with van der Waals surface area (Å²) in [6.07, 6.45) is 0.965. The highest BCUT2D eigenvalue weighted by Crippen LogP contribution is 2.21. The summed E-state index contributed by atoms with van der Waals surface area (Å²) in [5.74, 6) is 0.541. The number of nitrogens with one attached hydrogen (secondary N) is 1. The second-order valence-corrected chi connectivity index (χ2v) is 5.50. The number of nitrogens with zero attached hydrogens (tertiary/aromatic N) is 1. The first kappa shape index (κ1) is 12.5. The fourth-order valence-corrected chi connectivity index (χ4v) is 2.61. The lowest BCUT2D eigenvalue weighted by Crippen LogP contribution is -2.33. The van der Waals surface area contributed by atoms with E-state index in [1.807, 2.05) is 19.2 Å². The van der Waals surface area contributed by atoms with E-state index in [1.54, 1.807) is 11.3 Å². The molecule has 1 heterocycles. The Balaban J connectivity index is 2.28. The SMILES string of the molecule is CC[C@@H](C)NC(=O)CSc1nc(C)cs1. The van der Waals surface area contributed by atoms with Crippen LogP contribution >= 0.6 is 23.1 Å². The van der Waals surface area contributed by atoms with Crippen LogP contribution in [-0.4, -0.2) is 22.7 Å². The maximum Gasteiger partial charge on any atom is 0.230 e. The van der Waals surface area contributed by atoms with E-state index in [9.17, 15) is 4.79 Å². The molecule has 0 aliphatic heterocycles. The van der Waals surface area contributed by atoms with Gasteiger partial charge in [0.05, 0.1) is 5.75 Å². The number of aryl methyl sites for hydroxylation is 1. The first-order valence-corrected chi connectivity index (χ1v) is 6.82. The Hall–Kier alpha value is -0.550. The predicted octanol–water partition coefficient (Wildman–Crippen LogP) is 2.46. The summed E-state index contributed by atoms with van der Waals surface area (Å²) in [5.41, 5.74) is 1.02. The van der Waals surface area contributed by atoms with Crippen LogP contribution < -0.4 is 5.32 Å². The maximum atomic E-state index is 11.4. The van der Waals surface area contributed by atoms with Crippen molar-refractivity contribution in [2.75, 3.05) is 5.75 Å². The number of hydrogen-bond acceptors (Lipinski definition) is 4. The van der Waals surface area contributed by atoms with Crippen molar-refractivity contribution in [3.8, 4) is 0 Å². The third-order valence-corrected chi connectivity index (χ3v) is 4.08. The fourth-order valence-electron chi connectivity index (χ4n) is 0.945. The molecule has 5 heteroatoms. The van der Waals surface area contributed by atoms with Gasteiger partial charge in [0, 0.05) is 17.1 Å². The van der Waals surface area contributed by atoms with Gasteiger partial charge in [-0.2, -0.15) is 0 Å². The smallest absolute Gasteiger partial charge is 0.230 e. The molecule has 1 amide bonds. The summed E-state index contributed by atoms with van der Waals surface area (Å²) in [4.78, 5) is 15.7. The lowest BCUT2D eigenvalue weighted by molar-refractivity contribution is -0.119. The van der Waals surface area contributed by atoms with Crippen LogP contribution in [-0.2, 0) is 4.79 Å². The topological polar surface area (TPSA) is 42.0 Å². The Morgan fingerprint density at radius 1 is 1.73 bits per heavy atom. The minimum absolute atomic E-state index is 0.0854. The molecular weight excluding hydrogens is 228 g/mol. The molecule has 0 aliphatic carbocycles. The van der Waals surface area contributed by atoms with Crippen LogP contribution in [0.15, 0.2) is 9.72 Å². The highest BCUT2D eigenvalue weighted by Gasteiger charge is 2.07. The highest BCUT2D eigenvalue weighted by molar-refractivity contribution is 8.01. The Bertz CT molecular complexity index is 325. The van der Waals surface area contributed by atoms with Crippen molar-refractivity contribution in [3.63, 3.8) is 0 Å². The van der Waals surface area contributed by atoms with Crippen molar-refractivity contribution in [1.82, 2.24) is 10.3 Å². The van der Waals surface area contributed by atoms with Crippen LogP contribution in [0.3, 0.4) is 0 Å². The molecule has 0 spiro atoms. The molecule has 0 saturated carbocycles. The summed E-state index contributed by atoms with van der Waals surface area (Å²) < 4.78 is 0.965. The molecule has 0 bridgehead atoms. The molecule has 1 aromatic heterocycles. The van der Waals surface area contributed by atoms with Crippen molar-refractivity contribution in [2.45, 2.75) is 37.6 Å². The Morgan fingerprint density at radius 2 is 2.47 bits per heavy atom. The molecule has 0 saturated heterocycles. The zero-order valence-corrected chi connectivity index (χ0v) is 10.9. The van der Waals surface area contributed by atoms with E-state index < -0.39 is 0 Å². The van der Waals surface area contributed by atoms with Gasteiger partial charge in [-0.25, -0.2) is 4.98 Å². The molecule has 0 radical (unpaired) electrons. The molecule has 1 atom stereocenters. The average molecular weight is 244 g/mol. The molecule has 0 fully saturated rings. The first-order chi connectivity index (χ1) is 7.11. The van der Waals surface area contributed by atoms with E-state index in [-0.39, 0.29) is 11.9 Å².